The summed E-state index contributed by atoms with van der Waals surface area (Å²) in [5, 5.41) is 0. The Bertz CT molecular complexity index is 1150. The van der Waals surface area contributed by atoms with Gasteiger partial charge < -0.3 is 14.2 Å². The Hall–Kier alpha value is -3.27. The molecule has 0 aromatic heterocycles. The quantitative estimate of drug-likeness (QED) is 0.475. The minimum absolute atomic E-state index is 0.305. The first-order valence-corrected chi connectivity index (χ1v) is 10.8. The molecule has 166 valence electrons. The second-order valence-electron chi connectivity index (χ2n) is 8.84. The Morgan fingerprint density at radius 3 is 1.44 bits per heavy atom. The molecular formula is C28H30O4. The number of methoxy groups -OCH3 is 2. The number of aryl methyl sites for hydroxylation is 6. The molecule has 4 heteroatoms. The van der Waals surface area contributed by atoms with Crippen molar-refractivity contribution < 1.29 is 19.0 Å². The van der Waals surface area contributed by atoms with E-state index in [4.69, 9.17) is 14.2 Å². The number of fused-ring (bicyclic) bond motifs is 1. The van der Waals surface area contributed by atoms with Crippen LogP contribution in [0.1, 0.15) is 60.4 Å². The molecule has 1 aliphatic rings. The Morgan fingerprint density at radius 2 is 1.03 bits per heavy atom. The molecule has 4 rings (SSSR count). The lowest BCUT2D eigenvalue weighted by Crippen LogP contribution is -2.30. The molecule has 0 radical (unpaired) electrons. The van der Waals surface area contributed by atoms with Gasteiger partial charge in [0.25, 0.3) is 0 Å². The maximum Gasteiger partial charge on any atom is 0.340 e. The Morgan fingerprint density at radius 1 is 0.625 bits per heavy atom. The molecule has 0 atom stereocenters. The molecule has 1 aliphatic heterocycles. The first kappa shape index (κ1) is 21.9. The van der Waals surface area contributed by atoms with Gasteiger partial charge in [-0.1, -0.05) is 6.07 Å². The van der Waals surface area contributed by atoms with E-state index in [-0.39, 0.29) is 5.97 Å². The summed E-state index contributed by atoms with van der Waals surface area (Å²) in [4.78, 5) is 13.2. The molecule has 0 bridgehead atoms. The molecule has 0 aliphatic carbocycles. The molecule has 0 saturated carbocycles. The first-order valence-electron chi connectivity index (χ1n) is 10.8. The number of benzene rings is 3. The van der Waals surface area contributed by atoms with Crippen LogP contribution in [0.15, 0.2) is 36.4 Å². The number of ether oxygens (including phenoxy) is 3. The molecule has 3 aromatic rings. The number of hydrogen-bond donors (Lipinski definition) is 0. The van der Waals surface area contributed by atoms with Crippen LogP contribution in [-0.2, 0) is 10.3 Å². The van der Waals surface area contributed by atoms with Crippen LogP contribution in [0.5, 0.6) is 11.5 Å². The number of cyclic esters (lactones) is 1. The van der Waals surface area contributed by atoms with E-state index in [9.17, 15) is 4.79 Å². The fourth-order valence-electron chi connectivity index (χ4n) is 5.07. The van der Waals surface area contributed by atoms with Gasteiger partial charge >= 0.3 is 5.97 Å². The normalized spacial score (nSPS) is 14.2. The van der Waals surface area contributed by atoms with Crippen molar-refractivity contribution in [3.63, 3.8) is 0 Å². The zero-order valence-corrected chi connectivity index (χ0v) is 20.1. The maximum atomic E-state index is 13.2. The minimum Gasteiger partial charge on any atom is -0.496 e. The highest BCUT2D eigenvalue weighted by Crippen LogP contribution is 2.50. The lowest BCUT2D eigenvalue weighted by atomic mass is 9.77. The predicted octanol–water partition coefficient (Wildman–Crippen LogP) is 6.02. The van der Waals surface area contributed by atoms with Crippen LogP contribution >= 0.6 is 0 Å². The van der Waals surface area contributed by atoms with E-state index < -0.39 is 5.60 Å². The van der Waals surface area contributed by atoms with Crippen molar-refractivity contribution in [2.75, 3.05) is 14.2 Å². The zero-order valence-electron chi connectivity index (χ0n) is 20.1. The molecule has 0 N–H and O–H groups in total. The van der Waals surface area contributed by atoms with E-state index in [1.807, 2.05) is 40.7 Å². The Balaban J connectivity index is 2.12. The van der Waals surface area contributed by atoms with Crippen molar-refractivity contribution in [2.24, 2.45) is 0 Å². The molecule has 0 spiro atoms. The van der Waals surface area contributed by atoms with Crippen LogP contribution in [0.2, 0.25) is 0 Å². The van der Waals surface area contributed by atoms with Crippen molar-refractivity contribution in [3.8, 4) is 11.5 Å². The number of carbonyl (C=O) groups is 1. The highest BCUT2D eigenvalue weighted by Gasteiger charge is 2.49. The summed E-state index contributed by atoms with van der Waals surface area (Å²) in [6.45, 7) is 12.2. The summed E-state index contributed by atoms with van der Waals surface area (Å²) >= 11 is 0. The Labute approximate surface area is 190 Å². The second-order valence-corrected chi connectivity index (χ2v) is 8.84. The van der Waals surface area contributed by atoms with Gasteiger partial charge in [0.05, 0.1) is 19.8 Å². The van der Waals surface area contributed by atoms with Crippen LogP contribution < -0.4 is 9.47 Å². The number of esters is 1. The van der Waals surface area contributed by atoms with Gasteiger partial charge in [0.15, 0.2) is 5.60 Å². The zero-order chi connectivity index (χ0) is 23.4. The summed E-state index contributed by atoms with van der Waals surface area (Å²) in [5.41, 5.74) is 8.44. The topological polar surface area (TPSA) is 44.8 Å². The van der Waals surface area contributed by atoms with Crippen molar-refractivity contribution >= 4 is 5.97 Å². The van der Waals surface area contributed by atoms with Crippen LogP contribution in [0.4, 0.5) is 0 Å². The van der Waals surface area contributed by atoms with Crippen molar-refractivity contribution in [3.05, 3.63) is 92.0 Å². The largest absolute Gasteiger partial charge is 0.496 e. The second kappa shape index (κ2) is 7.70. The highest BCUT2D eigenvalue weighted by atomic mass is 16.6. The fourth-order valence-corrected chi connectivity index (χ4v) is 5.07. The van der Waals surface area contributed by atoms with Crippen molar-refractivity contribution in [1.82, 2.24) is 0 Å². The van der Waals surface area contributed by atoms with Crippen LogP contribution in [-0.4, -0.2) is 20.2 Å². The van der Waals surface area contributed by atoms with Gasteiger partial charge in [-0.15, -0.1) is 0 Å². The van der Waals surface area contributed by atoms with E-state index in [1.165, 1.54) is 0 Å². The third kappa shape index (κ3) is 3.09. The van der Waals surface area contributed by atoms with Gasteiger partial charge in [-0.25, -0.2) is 4.79 Å². The summed E-state index contributed by atoms with van der Waals surface area (Å²) in [6.07, 6.45) is 0. The summed E-state index contributed by atoms with van der Waals surface area (Å²) < 4.78 is 17.6. The van der Waals surface area contributed by atoms with Crippen LogP contribution in [0.3, 0.4) is 0 Å². The summed E-state index contributed by atoms with van der Waals surface area (Å²) in [5.74, 6) is 1.38. The molecule has 3 aromatic carbocycles. The molecule has 0 amide bonds. The predicted molar refractivity (Wildman–Crippen MR) is 126 cm³/mol. The van der Waals surface area contributed by atoms with Crippen LogP contribution in [0.25, 0.3) is 0 Å². The first-order chi connectivity index (χ1) is 15.1. The van der Waals surface area contributed by atoms with Crippen LogP contribution in [0, 0.1) is 41.5 Å². The molecular weight excluding hydrogens is 400 g/mol. The van der Waals surface area contributed by atoms with E-state index in [0.717, 1.165) is 61.6 Å². The third-order valence-corrected chi connectivity index (χ3v) is 6.62. The van der Waals surface area contributed by atoms with Crippen molar-refractivity contribution in [2.45, 2.75) is 47.1 Å². The lowest BCUT2D eigenvalue weighted by Gasteiger charge is -2.32. The standard InChI is InChI=1S/C28H30O4/c1-15-13-23-24(14-16(15)2)28(32-27(23)29,21-9-17(3)25(30-7)18(4)10-21)22-11-19(5)26(31-8)20(6)12-22/h9-14H,1-8H3. The number of rotatable bonds is 4. The molecule has 4 nitrogen and oxygen atoms in total. The van der Waals surface area contributed by atoms with E-state index >= 15 is 0 Å². The fraction of sp³-hybridized carbons (Fsp3) is 0.321. The molecule has 0 saturated heterocycles. The smallest absolute Gasteiger partial charge is 0.340 e. The molecule has 32 heavy (non-hydrogen) atoms. The summed E-state index contributed by atoms with van der Waals surface area (Å²) in [7, 11) is 3.36. The molecule has 0 unspecified atom stereocenters. The Kier molecular flexibility index (Phi) is 5.28. The van der Waals surface area contributed by atoms with Crippen molar-refractivity contribution in [1.29, 1.82) is 0 Å². The van der Waals surface area contributed by atoms with Gasteiger partial charge in [-0.3, -0.25) is 0 Å². The third-order valence-electron chi connectivity index (χ3n) is 6.62. The molecule has 0 fully saturated rings. The number of carbonyl (C=O) groups excluding carboxylic acids is 1. The monoisotopic (exact) mass is 430 g/mol. The van der Waals surface area contributed by atoms with Gasteiger partial charge in [0.1, 0.15) is 11.5 Å². The molecule has 1 heterocycles. The van der Waals surface area contributed by atoms with Gasteiger partial charge in [-0.05, 0) is 105 Å². The van der Waals surface area contributed by atoms with Gasteiger partial charge in [0, 0.05) is 16.7 Å². The minimum atomic E-state index is -1.05. The maximum absolute atomic E-state index is 13.2. The van der Waals surface area contributed by atoms with Gasteiger partial charge in [-0.2, -0.15) is 0 Å². The lowest BCUT2D eigenvalue weighted by molar-refractivity contribution is 0.0250. The van der Waals surface area contributed by atoms with Gasteiger partial charge in [0.2, 0.25) is 0 Å². The van der Waals surface area contributed by atoms with E-state index in [1.54, 1.807) is 14.2 Å². The highest BCUT2D eigenvalue weighted by molar-refractivity contribution is 5.97. The SMILES string of the molecule is COc1c(C)cc(C2(c3cc(C)c(OC)c(C)c3)OC(=O)c3cc(C)c(C)cc32)cc1C. The summed E-state index contributed by atoms with van der Waals surface area (Å²) in [6, 6.07) is 12.3. The number of hydrogen-bond acceptors (Lipinski definition) is 4. The van der Waals surface area contributed by atoms with E-state index in [0.29, 0.717) is 5.56 Å². The average molecular weight is 431 g/mol. The van der Waals surface area contributed by atoms with E-state index in [2.05, 4.69) is 37.3 Å². The average Bonchev–Trinajstić information content (AvgIpc) is 3.00.